The van der Waals surface area contributed by atoms with Gasteiger partial charge in [-0.3, -0.25) is 0 Å². The van der Waals surface area contributed by atoms with Gasteiger partial charge in [-0.25, -0.2) is 4.98 Å². The van der Waals surface area contributed by atoms with Crippen LogP contribution in [-0.2, 0) is 6.54 Å². The van der Waals surface area contributed by atoms with Crippen LogP contribution in [0.3, 0.4) is 0 Å². The highest BCUT2D eigenvalue weighted by atomic mass is 15.2. The van der Waals surface area contributed by atoms with Crippen molar-refractivity contribution in [2.45, 2.75) is 51.6 Å². The van der Waals surface area contributed by atoms with Crippen LogP contribution >= 0.6 is 0 Å². The van der Waals surface area contributed by atoms with Gasteiger partial charge in [0.15, 0.2) is 0 Å². The fraction of sp³-hybridized carbons (Fsp3) is 0.706. The van der Waals surface area contributed by atoms with Crippen molar-refractivity contribution in [3.05, 3.63) is 23.4 Å². The van der Waals surface area contributed by atoms with Crippen molar-refractivity contribution in [2.75, 3.05) is 31.1 Å². The Morgan fingerprint density at radius 3 is 2.48 bits per heavy atom. The molecular weight excluding hydrogens is 260 g/mol. The Balaban J connectivity index is 1.60. The number of anilines is 1. The molecule has 1 aromatic heterocycles. The molecule has 116 valence electrons. The Labute approximate surface area is 128 Å². The van der Waals surface area contributed by atoms with E-state index in [1.54, 1.807) is 0 Å². The smallest absolute Gasteiger partial charge is 0.131 e. The van der Waals surface area contributed by atoms with Gasteiger partial charge in [0.1, 0.15) is 5.82 Å². The summed E-state index contributed by atoms with van der Waals surface area (Å²) in [5.41, 5.74) is 8.07. The Hall–Kier alpha value is -1.13. The number of hydrogen-bond acceptors (Lipinski definition) is 4. The first-order valence-electron chi connectivity index (χ1n) is 8.42. The molecule has 3 rings (SSSR count). The third-order valence-electron chi connectivity index (χ3n) is 5.01. The maximum atomic E-state index is 5.69. The molecule has 4 heteroatoms. The predicted molar refractivity (Wildman–Crippen MR) is 87.5 cm³/mol. The molecule has 4 nitrogen and oxygen atoms in total. The van der Waals surface area contributed by atoms with Crippen molar-refractivity contribution < 1.29 is 0 Å². The van der Waals surface area contributed by atoms with E-state index in [0.29, 0.717) is 6.54 Å². The van der Waals surface area contributed by atoms with Crippen LogP contribution in [0.25, 0.3) is 0 Å². The standard InChI is InChI=1S/C17H28N4/c1-14-11-15(12-18)13-19-17(14)21-9-5-16(6-10-21)20-7-3-2-4-8-20/h11,13,16H,2-10,12,18H2,1H3. The molecule has 0 spiro atoms. The number of hydrogen-bond donors (Lipinski definition) is 1. The van der Waals surface area contributed by atoms with Crippen LogP contribution in [0.1, 0.15) is 43.2 Å². The monoisotopic (exact) mass is 288 g/mol. The number of nitrogens with zero attached hydrogens (tertiary/aromatic N) is 3. The molecule has 0 aromatic carbocycles. The van der Waals surface area contributed by atoms with E-state index in [4.69, 9.17) is 5.73 Å². The fourth-order valence-corrected chi connectivity index (χ4v) is 3.79. The van der Waals surface area contributed by atoms with Crippen molar-refractivity contribution in [3.63, 3.8) is 0 Å². The Morgan fingerprint density at radius 2 is 1.86 bits per heavy atom. The third-order valence-corrected chi connectivity index (χ3v) is 5.01. The number of pyridine rings is 1. The summed E-state index contributed by atoms with van der Waals surface area (Å²) in [6, 6.07) is 2.98. The van der Waals surface area contributed by atoms with Gasteiger partial charge in [0.05, 0.1) is 0 Å². The maximum Gasteiger partial charge on any atom is 0.131 e. The van der Waals surface area contributed by atoms with Crippen molar-refractivity contribution in [1.82, 2.24) is 9.88 Å². The second-order valence-corrected chi connectivity index (χ2v) is 6.50. The average Bonchev–Trinajstić information content (AvgIpc) is 2.56. The molecule has 1 aromatic rings. The van der Waals surface area contributed by atoms with Gasteiger partial charge < -0.3 is 15.5 Å². The zero-order chi connectivity index (χ0) is 14.7. The maximum absolute atomic E-state index is 5.69. The number of nitrogens with two attached hydrogens (primary N) is 1. The lowest BCUT2D eigenvalue weighted by molar-refractivity contribution is 0.141. The Bertz CT molecular complexity index is 460. The number of aromatic nitrogens is 1. The largest absolute Gasteiger partial charge is 0.356 e. The van der Waals surface area contributed by atoms with E-state index >= 15 is 0 Å². The topological polar surface area (TPSA) is 45.4 Å². The first-order valence-corrected chi connectivity index (χ1v) is 8.42. The van der Waals surface area contributed by atoms with E-state index in [9.17, 15) is 0 Å². The van der Waals surface area contributed by atoms with Crippen molar-refractivity contribution in [3.8, 4) is 0 Å². The molecule has 0 atom stereocenters. The summed E-state index contributed by atoms with van der Waals surface area (Å²) in [6.45, 7) is 7.62. The summed E-state index contributed by atoms with van der Waals surface area (Å²) in [7, 11) is 0. The van der Waals surface area contributed by atoms with E-state index in [0.717, 1.165) is 30.5 Å². The lowest BCUT2D eigenvalue weighted by atomic mass is 9.99. The number of piperidine rings is 2. The lowest BCUT2D eigenvalue weighted by Crippen LogP contribution is -2.47. The van der Waals surface area contributed by atoms with Crippen LogP contribution in [0.4, 0.5) is 5.82 Å². The molecule has 0 unspecified atom stereocenters. The average molecular weight is 288 g/mol. The molecule has 2 N–H and O–H groups in total. The quantitative estimate of drug-likeness (QED) is 0.927. The highest BCUT2D eigenvalue weighted by Gasteiger charge is 2.26. The molecule has 3 heterocycles. The minimum Gasteiger partial charge on any atom is -0.356 e. The highest BCUT2D eigenvalue weighted by Crippen LogP contribution is 2.25. The van der Waals surface area contributed by atoms with Gasteiger partial charge in [-0.1, -0.05) is 6.42 Å². The van der Waals surface area contributed by atoms with Gasteiger partial charge in [-0.05, 0) is 62.9 Å². The summed E-state index contributed by atoms with van der Waals surface area (Å²) in [4.78, 5) is 9.82. The molecule has 2 fully saturated rings. The van der Waals surface area contributed by atoms with Crippen LogP contribution in [0, 0.1) is 6.92 Å². The van der Waals surface area contributed by atoms with Crippen LogP contribution in [0.2, 0.25) is 0 Å². The van der Waals surface area contributed by atoms with Gasteiger partial charge >= 0.3 is 0 Å². The van der Waals surface area contributed by atoms with Gasteiger partial charge in [-0.15, -0.1) is 0 Å². The first kappa shape index (κ1) is 14.8. The Kier molecular flexibility index (Phi) is 4.76. The predicted octanol–water partition coefficient (Wildman–Crippen LogP) is 2.30. The minimum atomic E-state index is 0.575. The minimum absolute atomic E-state index is 0.575. The van der Waals surface area contributed by atoms with Gasteiger partial charge in [0.25, 0.3) is 0 Å². The summed E-state index contributed by atoms with van der Waals surface area (Å²) in [5.74, 6) is 1.16. The van der Waals surface area contributed by atoms with Crippen LogP contribution in [0.5, 0.6) is 0 Å². The van der Waals surface area contributed by atoms with Crippen molar-refractivity contribution in [2.24, 2.45) is 5.73 Å². The molecule has 2 aliphatic rings. The SMILES string of the molecule is Cc1cc(CN)cnc1N1CCC(N2CCCCC2)CC1. The summed E-state index contributed by atoms with van der Waals surface area (Å²) >= 11 is 0. The van der Waals surface area contributed by atoms with Crippen LogP contribution in [-0.4, -0.2) is 42.1 Å². The molecule has 0 amide bonds. The highest BCUT2D eigenvalue weighted by molar-refractivity contribution is 5.47. The molecular formula is C17H28N4. The second-order valence-electron chi connectivity index (χ2n) is 6.50. The Morgan fingerprint density at radius 1 is 1.14 bits per heavy atom. The molecule has 2 aliphatic heterocycles. The number of aryl methyl sites for hydroxylation is 1. The molecule has 0 radical (unpaired) electrons. The second kappa shape index (κ2) is 6.75. The molecule has 0 saturated carbocycles. The van der Waals surface area contributed by atoms with E-state index < -0.39 is 0 Å². The molecule has 2 saturated heterocycles. The zero-order valence-corrected chi connectivity index (χ0v) is 13.2. The molecule has 0 aliphatic carbocycles. The third kappa shape index (κ3) is 3.38. The summed E-state index contributed by atoms with van der Waals surface area (Å²) < 4.78 is 0. The first-order chi connectivity index (χ1) is 10.3. The number of rotatable bonds is 3. The van der Waals surface area contributed by atoms with E-state index in [-0.39, 0.29) is 0 Å². The van der Waals surface area contributed by atoms with Crippen molar-refractivity contribution >= 4 is 5.82 Å². The summed E-state index contributed by atoms with van der Waals surface area (Å²) in [5, 5.41) is 0. The molecule has 21 heavy (non-hydrogen) atoms. The van der Waals surface area contributed by atoms with Gasteiger partial charge in [0, 0.05) is 31.9 Å². The van der Waals surface area contributed by atoms with Crippen molar-refractivity contribution in [1.29, 1.82) is 0 Å². The fourth-order valence-electron chi connectivity index (χ4n) is 3.79. The van der Waals surface area contributed by atoms with E-state index in [1.165, 1.54) is 50.8 Å². The van der Waals surface area contributed by atoms with E-state index in [1.807, 2.05) is 6.20 Å². The normalized spacial score (nSPS) is 21.7. The summed E-state index contributed by atoms with van der Waals surface area (Å²) in [6.07, 6.45) is 8.69. The molecule has 0 bridgehead atoms. The van der Waals surface area contributed by atoms with Crippen LogP contribution < -0.4 is 10.6 Å². The van der Waals surface area contributed by atoms with Gasteiger partial charge in [-0.2, -0.15) is 0 Å². The number of likely N-dealkylation sites (tertiary alicyclic amines) is 1. The van der Waals surface area contributed by atoms with E-state index in [2.05, 4.69) is 27.8 Å². The lowest BCUT2D eigenvalue weighted by Gasteiger charge is -2.40. The zero-order valence-electron chi connectivity index (χ0n) is 13.2. The van der Waals surface area contributed by atoms with Crippen LogP contribution in [0.15, 0.2) is 12.3 Å². The van der Waals surface area contributed by atoms with Gasteiger partial charge in [0.2, 0.25) is 0 Å².